The van der Waals surface area contributed by atoms with Crippen LogP contribution in [0.4, 0.5) is 4.39 Å². The molecule has 0 spiro atoms. The van der Waals surface area contributed by atoms with Gasteiger partial charge in [0.25, 0.3) is 5.91 Å². The van der Waals surface area contributed by atoms with Gasteiger partial charge in [0.05, 0.1) is 23.1 Å². The lowest BCUT2D eigenvalue weighted by molar-refractivity contribution is -0.140. The molecule has 2 N–H and O–H groups in total. The van der Waals surface area contributed by atoms with E-state index in [1.165, 1.54) is 23.0 Å². The van der Waals surface area contributed by atoms with Crippen molar-refractivity contribution in [2.45, 2.75) is 26.8 Å². The lowest BCUT2D eigenvalue weighted by Crippen LogP contribution is -2.44. The highest BCUT2D eigenvalue weighted by atomic mass is 19.1. The first-order chi connectivity index (χ1) is 10.8. The number of hydrogen-bond donors (Lipinski definition) is 2. The molecule has 0 fully saturated rings. The summed E-state index contributed by atoms with van der Waals surface area (Å²) in [6, 6.07) is 4.72. The van der Waals surface area contributed by atoms with Gasteiger partial charge in [-0.3, -0.25) is 4.79 Å². The number of hydrogen-bond acceptors (Lipinski definition) is 3. The van der Waals surface area contributed by atoms with E-state index < -0.39 is 17.9 Å². The van der Waals surface area contributed by atoms with E-state index in [-0.39, 0.29) is 17.3 Å². The second-order valence-corrected chi connectivity index (χ2v) is 5.57. The molecule has 0 unspecified atom stereocenters. The zero-order valence-corrected chi connectivity index (χ0v) is 13.1. The Kier molecular flexibility index (Phi) is 4.78. The number of carboxylic acids is 1. The first kappa shape index (κ1) is 16.7. The van der Waals surface area contributed by atoms with Crippen LogP contribution in [0, 0.1) is 18.7 Å². The summed E-state index contributed by atoms with van der Waals surface area (Å²) in [5, 5.41) is 15.8. The van der Waals surface area contributed by atoms with Crippen LogP contribution in [-0.4, -0.2) is 32.8 Å². The summed E-state index contributed by atoms with van der Waals surface area (Å²) in [7, 11) is 0. The van der Waals surface area contributed by atoms with Gasteiger partial charge in [-0.2, -0.15) is 5.10 Å². The third-order valence-electron chi connectivity index (χ3n) is 3.54. The minimum absolute atomic E-state index is 0.246. The summed E-state index contributed by atoms with van der Waals surface area (Å²) in [5.41, 5.74) is 1.44. The Morgan fingerprint density at radius 2 is 1.87 bits per heavy atom. The first-order valence-corrected chi connectivity index (χ1v) is 7.15. The lowest BCUT2D eigenvalue weighted by Gasteiger charge is -2.17. The average molecular weight is 319 g/mol. The maximum atomic E-state index is 13.0. The maximum Gasteiger partial charge on any atom is 0.326 e. The molecule has 6 nitrogen and oxygen atoms in total. The Morgan fingerprint density at radius 1 is 1.26 bits per heavy atom. The number of benzene rings is 1. The molecule has 2 aromatic rings. The highest BCUT2D eigenvalue weighted by molar-refractivity contribution is 5.97. The number of halogens is 1. The summed E-state index contributed by atoms with van der Waals surface area (Å²) in [5.74, 6) is -2.20. The van der Waals surface area contributed by atoms with Crippen LogP contribution >= 0.6 is 0 Å². The third kappa shape index (κ3) is 3.56. The number of nitrogens with one attached hydrogen (secondary N) is 1. The van der Waals surface area contributed by atoms with Gasteiger partial charge in [0, 0.05) is 0 Å². The van der Waals surface area contributed by atoms with Crippen molar-refractivity contribution in [3.63, 3.8) is 0 Å². The fourth-order valence-electron chi connectivity index (χ4n) is 2.21. The van der Waals surface area contributed by atoms with E-state index in [0.717, 1.165) is 0 Å². The molecule has 0 radical (unpaired) electrons. The number of rotatable bonds is 5. The smallest absolute Gasteiger partial charge is 0.326 e. The van der Waals surface area contributed by atoms with Gasteiger partial charge < -0.3 is 10.4 Å². The van der Waals surface area contributed by atoms with Crippen molar-refractivity contribution in [2.75, 3.05) is 0 Å². The van der Waals surface area contributed by atoms with Gasteiger partial charge in [0.15, 0.2) is 0 Å². The van der Waals surface area contributed by atoms with Gasteiger partial charge >= 0.3 is 5.97 Å². The predicted octanol–water partition coefficient (Wildman–Crippen LogP) is 2.16. The molecule has 1 aromatic heterocycles. The van der Waals surface area contributed by atoms with Crippen LogP contribution in [0.1, 0.15) is 29.9 Å². The monoisotopic (exact) mass is 319 g/mol. The van der Waals surface area contributed by atoms with Crippen LogP contribution in [-0.2, 0) is 4.79 Å². The number of aliphatic carboxylic acids is 1. The van der Waals surface area contributed by atoms with Gasteiger partial charge in [-0.25, -0.2) is 13.9 Å². The van der Waals surface area contributed by atoms with Crippen molar-refractivity contribution >= 4 is 11.9 Å². The SMILES string of the molecule is Cc1c(C(=O)N[C@H](C(=O)O)C(C)C)cnn1-c1ccc(F)cc1. The minimum Gasteiger partial charge on any atom is -0.480 e. The van der Waals surface area contributed by atoms with E-state index in [1.807, 2.05) is 0 Å². The molecule has 1 amide bonds. The van der Waals surface area contributed by atoms with Crippen LogP contribution in [0.5, 0.6) is 0 Å². The van der Waals surface area contributed by atoms with E-state index in [0.29, 0.717) is 11.4 Å². The van der Waals surface area contributed by atoms with Gasteiger partial charge in [0.1, 0.15) is 11.9 Å². The zero-order valence-electron chi connectivity index (χ0n) is 13.1. The Hall–Kier alpha value is -2.70. The second-order valence-electron chi connectivity index (χ2n) is 5.57. The quantitative estimate of drug-likeness (QED) is 0.884. The third-order valence-corrected chi connectivity index (χ3v) is 3.54. The number of carbonyl (C=O) groups is 2. The standard InChI is InChI=1S/C16H18FN3O3/c1-9(2)14(16(22)23)19-15(21)13-8-18-20(10(13)3)12-6-4-11(17)5-7-12/h4-9,14H,1-3H3,(H,19,21)(H,22,23)/t14-/m0/s1. The summed E-state index contributed by atoms with van der Waals surface area (Å²) >= 11 is 0. The van der Waals surface area contributed by atoms with E-state index >= 15 is 0 Å². The summed E-state index contributed by atoms with van der Waals surface area (Å²) < 4.78 is 14.5. The normalized spacial score (nSPS) is 12.2. The number of aromatic nitrogens is 2. The molecule has 0 saturated carbocycles. The molecule has 2 rings (SSSR count). The molecule has 1 atom stereocenters. The van der Waals surface area contributed by atoms with Gasteiger partial charge in [0.2, 0.25) is 0 Å². The second kappa shape index (κ2) is 6.60. The molecule has 1 heterocycles. The Labute approximate surface area is 132 Å². The maximum absolute atomic E-state index is 13.0. The van der Waals surface area contributed by atoms with Gasteiger partial charge in [-0.1, -0.05) is 13.8 Å². The number of carboxylic acid groups (broad SMARTS) is 1. The Morgan fingerprint density at radius 3 is 2.39 bits per heavy atom. The van der Waals surface area contributed by atoms with Crippen LogP contribution in [0.25, 0.3) is 5.69 Å². The van der Waals surface area contributed by atoms with Crippen LogP contribution < -0.4 is 5.32 Å². The van der Waals surface area contributed by atoms with E-state index in [2.05, 4.69) is 10.4 Å². The molecular formula is C16H18FN3O3. The number of amides is 1. The molecule has 0 aliphatic carbocycles. The van der Waals surface area contributed by atoms with Crippen molar-refractivity contribution in [1.29, 1.82) is 0 Å². The molecule has 0 saturated heterocycles. The van der Waals surface area contributed by atoms with Crippen LogP contribution in [0.2, 0.25) is 0 Å². The Bertz CT molecular complexity index is 723. The molecule has 0 bridgehead atoms. The fourth-order valence-corrected chi connectivity index (χ4v) is 2.21. The largest absolute Gasteiger partial charge is 0.480 e. The Balaban J connectivity index is 2.26. The zero-order chi connectivity index (χ0) is 17.1. The van der Waals surface area contributed by atoms with E-state index in [4.69, 9.17) is 5.11 Å². The lowest BCUT2D eigenvalue weighted by atomic mass is 10.0. The van der Waals surface area contributed by atoms with E-state index in [9.17, 15) is 14.0 Å². The average Bonchev–Trinajstić information content (AvgIpc) is 2.86. The number of carbonyl (C=O) groups excluding carboxylic acids is 1. The predicted molar refractivity (Wildman–Crippen MR) is 82.0 cm³/mol. The molecule has 0 aliphatic heterocycles. The van der Waals surface area contributed by atoms with E-state index in [1.54, 1.807) is 32.9 Å². The molecule has 122 valence electrons. The summed E-state index contributed by atoms with van der Waals surface area (Å²) in [4.78, 5) is 23.5. The highest BCUT2D eigenvalue weighted by Gasteiger charge is 2.25. The molecule has 23 heavy (non-hydrogen) atoms. The molecule has 1 aromatic carbocycles. The van der Waals surface area contributed by atoms with Crippen molar-refractivity contribution in [3.8, 4) is 5.69 Å². The van der Waals surface area contributed by atoms with Gasteiger partial charge in [-0.15, -0.1) is 0 Å². The summed E-state index contributed by atoms with van der Waals surface area (Å²) in [6.07, 6.45) is 1.37. The van der Waals surface area contributed by atoms with Crippen LogP contribution in [0.3, 0.4) is 0 Å². The number of nitrogens with zero attached hydrogens (tertiary/aromatic N) is 2. The summed E-state index contributed by atoms with van der Waals surface area (Å²) in [6.45, 7) is 5.12. The van der Waals surface area contributed by atoms with Crippen molar-refractivity contribution < 1.29 is 19.1 Å². The minimum atomic E-state index is -1.09. The fraction of sp³-hybridized carbons (Fsp3) is 0.312. The van der Waals surface area contributed by atoms with Crippen molar-refractivity contribution in [2.24, 2.45) is 5.92 Å². The molecule has 7 heteroatoms. The van der Waals surface area contributed by atoms with Crippen molar-refractivity contribution in [1.82, 2.24) is 15.1 Å². The van der Waals surface area contributed by atoms with Crippen molar-refractivity contribution in [3.05, 3.63) is 47.5 Å². The van der Waals surface area contributed by atoms with Gasteiger partial charge in [-0.05, 0) is 37.1 Å². The molecular weight excluding hydrogens is 301 g/mol. The topological polar surface area (TPSA) is 84.2 Å². The first-order valence-electron chi connectivity index (χ1n) is 7.15. The van der Waals surface area contributed by atoms with Crippen LogP contribution in [0.15, 0.2) is 30.5 Å². The highest BCUT2D eigenvalue weighted by Crippen LogP contribution is 2.15. The molecule has 0 aliphatic rings.